The van der Waals surface area contributed by atoms with Crippen LogP contribution in [-0.2, 0) is 16.0 Å². The number of esters is 1. The van der Waals surface area contributed by atoms with Crippen LogP contribution >= 0.6 is 0 Å². The quantitative estimate of drug-likeness (QED) is 0.193. The summed E-state index contributed by atoms with van der Waals surface area (Å²) in [5, 5.41) is 10.3. The number of rotatable bonds is 16. The third-order valence-electron chi connectivity index (χ3n) is 7.68. The predicted molar refractivity (Wildman–Crippen MR) is 141 cm³/mol. The second-order valence-corrected chi connectivity index (χ2v) is 10.6. The number of fused-ring (bicyclic) bond motifs is 1. The number of unbranched alkanes of at least 4 members (excludes halogenated alkanes) is 13. The molecular weight excluding hydrogens is 424 g/mol. The van der Waals surface area contributed by atoms with E-state index in [1.807, 2.05) is 27.7 Å². The van der Waals surface area contributed by atoms with Crippen LogP contribution in [0.5, 0.6) is 11.5 Å². The van der Waals surface area contributed by atoms with Crippen molar-refractivity contribution in [2.75, 3.05) is 6.61 Å². The summed E-state index contributed by atoms with van der Waals surface area (Å²) in [5.74, 6) is 0.814. The zero-order valence-corrected chi connectivity index (χ0v) is 22.7. The van der Waals surface area contributed by atoms with Crippen LogP contribution in [0.25, 0.3) is 0 Å². The van der Waals surface area contributed by atoms with Gasteiger partial charge in [-0.2, -0.15) is 0 Å². The van der Waals surface area contributed by atoms with Gasteiger partial charge in [-0.1, -0.05) is 90.4 Å². The third kappa shape index (κ3) is 8.20. The zero-order valence-electron chi connectivity index (χ0n) is 22.7. The Morgan fingerprint density at radius 2 is 1.32 bits per heavy atom. The maximum atomic E-state index is 12.8. The van der Waals surface area contributed by atoms with Gasteiger partial charge in [0.1, 0.15) is 11.5 Å². The van der Waals surface area contributed by atoms with E-state index in [0.717, 1.165) is 40.8 Å². The lowest BCUT2D eigenvalue weighted by molar-refractivity contribution is -0.162. The van der Waals surface area contributed by atoms with Crippen molar-refractivity contribution in [3.8, 4) is 11.5 Å². The van der Waals surface area contributed by atoms with E-state index < -0.39 is 5.60 Å². The molecule has 1 N–H and O–H groups in total. The van der Waals surface area contributed by atoms with Gasteiger partial charge in [0, 0.05) is 12.0 Å². The van der Waals surface area contributed by atoms with Crippen LogP contribution in [0, 0.1) is 20.8 Å². The van der Waals surface area contributed by atoms with E-state index >= 15 is 0 Å². The molecule has 0 spiro atoms. The van der Waals surface area contributed by atoms with Crippen LogP contribution in [0.1, 0.15) is 132 Å². The number of phenols is 1. The van der Waals surface area contributed by atoms with Crippen molar-refractivity contribution in [1.82, 2.24) is 0 Å². The van der Waals surface area contributed by atoms with Crippen LogP contribution in [0.4, 0.5) is 0 Å². The first kappa shape index (κ1) is 28.5. The highest BCUT2D eigenvalue weighted by molar-refractivity contribution is 5.80. The van der Waals surface area contributed by atoms with Gasteiger partial charge in [-0.25, -0.2) is 4.79 Å². The van der Waals surface area contributed by atoms with Crippen molar-refractivity contribution in [1.29, 1.82) is 0 Å². The molecule has 0 amide bonds. The summed E-state index contributed by atoms with van der Waals surface area (Å²) in [6, 6.07) is 0. The molecule has 34 heavy (non-hydrogen) atoms. The molecule has 0 radical (unpaired) electrons. The number of phenolic OH excluding ortho intramolecular Hbond substituents is 1. The van der Waals surface area contributed by atoms with E-state index in [9.17, 15) is 9.90 Å². The minimum Gasteiger partial charge on any atom is -0.507 e. The summed E-state index contributed by atoms with van der Waals surface area (Å²) in [6.07, 6.45) is 19.7. The Labute approximate surface area is 208 Å². The smallest absolute Gasteiger partial charge is 0.350 e. The number of hydrogen-bond donors (Lipinski definition) is 1. The van der Waals surface area contributed by atoms with Crippen LogP contribution in [0.15, 0.2) is 0 Å². The highest BCUT2D eigenvalue weighted by atomic mass is 16.6. The molecule has 0 aromatic heterocycles. The topological polar surface area (TPSA) is 55.8 Å². The molecule has 1 heterocycles. The molecule has 1 unspecified atom stereocenters. The van der Waals surface area contributed by atoms with Crippen LogP contribution in [0.2, 0.25) is 0 Å². The molecule has 1 atom stereocenters. The molecule has 1 aliphatic heterocycles. The summed E-state index contributed by atoms with van der Waals surface area (Å²) in [4.78, 5) is 12.8. The predicted octanol–water partition coefficient (Wildman–Crippen LogP) is 8.43. The molecule has 4 heteroatoms. The number of carbonyl (C=O) groups is 1. The monoisotopic (exact) mass is 474 g/mol. The molecule has 0 fully saturated rings. The first-order chi connectivity index (χ1) is 16.3. The van der Waals surface area contributed by atoms with Gasteiger partial charge in [0.25, 0.3) is 0 Å². The summed E-state index contributed by atoms with van der Waals surface area (Å²) in [5.41, 5.74) is 2.64. The lowest BCUT2D eigenvalue weighted by atomic mass is 9.87. The van der Waals surface area contributed by atoms with Crippen LogP contribution < -0.4 is 4.74 Å². The SMILES string of the molecule is CCCCCCCCCCCCCCCCOC(=O)C1(C)CCc2c(C)c(O)c(C)c(C)c2O1. The number of hydrogen-bond acceptors (Lipinski definition) is 4. The fraction of sp³-hybridized carbons (Fsp3) is 0.767. The molecule has 1 aliphatic rings. The Morgan fingerprint density at radius 1 is 0.824 bits per heavy atom. The lowest BCUT2D eigenvalue weighted by Crippen LogP contribution is -2.46. The second-order valence-electron chi connectivity index (χ2n) is 10.6. The van der Waals surface area contributed by atoms with Crippen molar-refractivity contribution in [3.05, 3.63) is 22.3 Å². The van der Waals surface area contributed by atoms with Crippen LogP contribution in [0.3, 0.4) is 0 Å². The number of benzene rings is 1. The fourth-order valence-corrected chi connectivity index (χ4v) is 5.01. The summed E-state index contributed by atoms with van der Waals surface area (Å²) in [6.45, 7) is 10.3. The van der Waals surface area contributed by atoms with Crippen molar-refractivity contribution in [3.63, 3.8) is 0 Å². The Morgan fingerprint density at radius 3 is 1.85 bits per heavy atom. The van der Waals surface area contributed by atoms with Gasteiger partial charge in [0.2, 0.25) is 5.60 Å². The van der Waals surface area contributed by atoms with Gasteiger partial charge >= 0.3 is 5.97 Å². The largest absolute Gasteiger partial charge is 0.507 e. The maximum Gasteiger partial charge on any atom is 0.350 e. The number of carbonyl (C=O) groups excluding carboxylic acids is 1. The fourth-order valence-electron chi connectivity index (χ4n) is 5.01. The van der Waals surface area contributed by atoms with Crippen LogP contribution in [-0.4, -0.2) is 23.3 Å². The van der Waals surface area contributed by atoms with Gasteiger partial charge < -0.3 is 14.6 Å². The van der Waals surface area contributed by atoms with Gasteiger partial charge in [-0.3, -0.25) is 0 Å². The molecule has 1 aromatic rings. The number of ether oxygens (including phenoxy) is 2. The van der Waals surface area contributed by atoms with Crippen molar-refractivity contribution in [2.45, 2.75) is 143 Å². The Kier molecular flexibility index (Phi) is 12.3. The van der Waals surface area contributed by atoms with Gasteiger partial charge in [-0.05, 0) is 57.2 Å². The second kappa shape index (κ2) is 14.6. The molecule has 194 valence electrons. The normalized spacial score (nSPS) is 17.3. The van der Waals surface area contributed by atoms with E-state index in [2.05, 4.69) is 6.92 Å². The minimum atomic E-state index is -0.955. The van der Waals surface area contributed by atoms with Gasteiger partial charge in [0.05, 0.1) is 6.61 Å². The van der Waals surface area contributed by atoms with Gasteiger partial charge in [0.15, 0.2) is 0 Å². The summed E-state index contributed by atoms with van der Waals surface area (Å²) < 4.78 is 11.8. The Bertz CT molecular complexity index is 770. The molecule has 0 saturated heterocycles. The Hall–Kier alpha value is -1.71. The Balaban J connectivity index is 1.57. The van der Waals surface area contributed by atoms with E-state index in [4.69, 9.17) is 9.47 Å². The molecule has 0 bridgehead atoms. The first-order valence-corrected chi connectivity index (χ1v) is 14.0. The highest BCUT2D eigenvalue weighted by Gasteiger charge is 2.42. The van der Waals surface area contributed by atoms with Crippen molar-refractivity contribution in [2.24, 2.45) is 0 Å². The van der Waals surface area contributed by atoms with Crippen molar-refractivity contribution < 1.29 is 19.4 Å². The molecule has 2 rings (SSSR count). The lowest BCUT2D eigenvalue weighted by Gasteiger charge is -2.35. The average molecular weight is 475 g/mol. The van der Waals surface area contributed by atoms with E-state index in [0.29, 0.717) is 25.2 Å². The molecular formula is C30H50O4. The number of aromatic hydroxyl groups is 1. The summed E-state index contributed by atoms with van der Waals surface area (Å²) >= 11 is 0. The molecule has 4 nitrogen and oxygen atoms in total. The highest BCUT2D eigenvalue weighted by Crippen LogP contribution is 2.43. The maximum absolute atomic E-state index is 12.8. The third-order valence-corrected chi connectivity index (χ3v) is 7.68. The van der Waals surface area contributed by atoms with Gasteiger partial charge in [-0.15, -0.1) is 0 Å². The molecule has 1 aromatic carbocycles. The average Bonchev–Trinajstić information content (AvgIpc) is 2.83. The molecule has 0 aliphatic carbocycles. The van der Waals surface area contributed by atoms with E-state index in [1.54, 1.807) is 0 Å². The van der Waals surface area contributed by atoms with Crippen molar-refractivity contribution >= 4 is 5.97 Å². The van der Waals surface area contributed by atoms with E-state index in [1.165, 1.54) is 77.0 Å². The first-order valence-electron chi connectivity index (χ1n) is 14.0. The van der Waals surface area contributed by atoms with E-state index in [-0.39, 0.29) is 5.97 Å². The summed E-state index contributed by atoms with van der Waals surface area (Å²) in [7, 11) is 0. The minimum absolute atomic E-state index is 0.268. The molecule has 0 saturated carbocycles. The standard InChI is InChI=1S/C30H50O4/c1-6-7-8-9-10-11-12-13-14-15-16-17-18-19-22-33-29(32)30(5)21-20-26-25(4)27(31)23(2)24(3)28(26)34-30/h31H,6-22H2,1-5H3. The zero-order chi connectivity index (χ0) is 25.0.